The molecule has 1 aromatic carbocycles. The van der Waals surface area contributed by atoms with Crippen molar-refractivity contribution in [2.24, 2.45) is 0 Å². The summed E-state index contributed by atoms with van der Waals surface area (Å²) < 4.78 is 0. The van der Waals surface area contributed by atoms with E-state index in [0.717, 1.165) is 13.1 Å². The number of thiophene rings is 1. The van der Waals surface area contributed by atoms with Crippen LogP contribution >= 0.6 is 22.9 Å². The molecule has 7 heteroatoms. The van der Waals surface area contributed by atoms with Crippen molar-refractivity contribution in [3.8, 4) is 0 Å². The average Bonchev–Trinajstić information content (AvgIpc) is 3.34. The molecule has 138 valence electrons. The van der Waals surface area contributed by atoms with E-state index in [1.807, 2.05) is 6.07 Å². The number of hydrogen-bond donors (Lipinski definition) is 2. The smallest absolute Gasteiger partial charge is 0.251 e. The summed E-state index contributed by atoms with van der Waals surface area (Å²) in [6, 6.07) is 11.0. The summed E-state index contributed by atoms with van der Waals surface area (Å²) >= 11 is 7.60. The first-order valence-corrected chi connectivity index (χ1v) is 9.97. The molecular weight excluding hydrogens is 370 g/mol. The van der Waals surface area contributed by atoms with Gasteiger partial charge in [-0.1, -0.05) is 23.7 Å². The van der Waals surface area contributed by atoms with Gasteiger partial charge in [0, 0.05) is 22.0 Å². The zero-order valence-electron chi connectivity index (χ0n) is 14.4. The van der Waals surface area contributed by atoms with Gasteiger partial charge in [-0.25, -0.2) is 0 Å². The Morgan fingerprint density at radius 3 is 2.65 bits per heavy atom. The number of rotatable bonds is 7. The summed E-state index contributed by atoms with van der Waals surface area (Å²) in [7, 11) is 0. The molecule has 2 aromatic rings. The molecule has 1 aliphatic heterocycles. The molecule has 1 aromatic heterocycles. The van der Waals surface area contributed by atoms with Crippen LogP contribution in [-0.4, -0.2) is 42.9 Å². The van der Waals surface area contributed by atoms with E-state index in [9.17, 15) is 9.59 Å². The first-order valence-electron chi connectivity index (χ1n) is 8.71. The molecule has 26 heavy (non-hydrogen) atoms. The van der Waals surface area contributed by atoms with E-state index in [2.05, 4.69) is 27.0 Å². The quantitative estimate of drug-likeness (QED) is 0.762. The second-order valence-corrected chi connectivity index (χ2v) is 7.69. The molecule has 1 fully saturated rings. The molecule has 0 radical (unpaired) electrons. The lowest BCUT2D eigenvalue weighted by Gasteiger charge is -2.26. The maximum Gasteiger partial charge on any atom is 0.251 e. The molecule has 1 unspecified atom stereocenters. The van der Waals surface area contributed by atoms with Gasteiger partial charge in [0.1, 0.15) is 0 Å². The summed E-state index contributed by atoms with van der Waals surface area (Å²) in [6.45, 7) is 2.61. The Morgan fingerprint density at radius 2 is 1.96 bits per heavy atom. The van der Waals surface area contributed by atoms with Crippen LogP contribution in [0.2, 0.25) is 5.02 Å². The second-order valence-electron chi connectivity index (χ2n) is 6.27. The maximum atomic E-state index is 12.2. The lowest BCUT2D eigenvalue weighted by molar-refractivity contribution is -0.120. The van der Waals surface area contributed by atoms with Gasteiger partial charge in [-0.2, -0.15) is 0 Å². The van der Waals surface area contributed by atoms with Crippen LogP contribution in [0.15, 0.2) is 41.8 Å². The van der Waals surface area contributed by atoms with E-state index < -0.39 is 0 Å². The van der Waals surface area contributed by atoms with Crippen LogP contribution in [0, 0.1) is 0 Å². The first-order chi connectivity index (χ1) is 12.6. The highest BCUT2D eigenvalue weighted by Crippen LogP contribution is 2.27. The van der Waals surface area contributed by atoms with Crippen molar-refractivity contribution in [1.82, 2.24) is 15.5 Å². The Kier molecular flexibility index (Phi) is 6.66. The number of carbonyl (C=O) groups is 2. The molecule has 1 saturated heterocycles. The third kappa shape index (κ3) is 5.06. The highest BCUT2D eigenvalue weighted by atomic mass is 35.5. The van der Waals surface area contributed by atoms with Gasteiger partial charge in [-0.05, 0) is 55.6 Å². The van der Waals surface area contributed by atoms with Crippen LogP contribution in [0.5, 0.6) is 0 Å². The van der Waals surface area contributed by atoms with Crippen LogP contribution in [0.3, 0.4) is 0 Å². The summed E-state index contributed by atoms with van der Waals surface area (Å²) in [5.41, 5.74) is 0.443. The molecule has 2 amide bonds. The van der Waals surface area contributed by atoms with Crippen LogP contribution in [-0.2, 0) is 4.79 Å². The molecular formula is C19H22ClN3O2S. The van der Waals surface area contributed by atoms with E-state index in [-0.39, 0.29) is 24.4 Å². The summed E-state index contributed by atoms with van der Waals surface area (Å²) in [6.07, 6.45) is 2.40. The van der Waals surface area contributed by atoms with Crippen molar-refractivity contribution in [1.29, 1.82) is 0 Å². The minimum atomic E-state index is -0.308. The normalized spacial score (nSPS) is 15.6. The van der Waals surface area contributed by atoms with E-state index in [0.29, 0.717) is 17.1 Å². The lowest BCUT2D eigenvalue weighted by atomic mass is 10.2. The second kappa shape index (κ2) is 9.16. The standard InChI is InChI=1S/C19H22ClN3O2S/c20-15-6-3-5-14(11-15)19(25)22-13-18(24)21-12-16(17-7-4-10-26-17)23-8-1-2-9-23/h3-7,10-11,16H,1-2,8-9,12-13H2,(H,21,24)(H,22,25). The predicted octanol–water partition coefficient (Wildman–Crippen LogP) is 3.08. The zero-order valence-corrected chi connectivity index (χ0v) is 16.0. The Balaban J connectivity index is 1.50. The number of halogens is 1. The SMILES string of the molecule is O=C(CNC(=O)c1cccc(Cl)c1)NCC(c1cccs1)N1CCCC1. The fraction of sp³-hybridized carbons (Fsp3) is 0.368. The third-order valence-corrected chi connectivity index (χ3v) is 5.65. The van der Waals surface area contributed by atoms with E-state index >= 15 is 0 Å². The summed E-state index contributed by atoms with van der Waals surface area (Å²) in [5, 5.41) is 8.14. The molecule has 3 rings (SSSR count). The minimum Gasteiger partial charge on any atom is -0.353 e. The molecule has 2 heterocycles. The summed E-state index contributed by atoms with van der Waals surface area (Å²) in [5.74, 6) is -0.502. The number of nitrogens with one attached hydrogen (secondary N) is 2. The molecule has 0 bridgehead atoms. The van der Waals surface area contributed by atoms with E-state index in [4.69, 9.17) is 11.6 Å². The average molecular weight is 392 g/mol. The highest BCUT2D eigenvalue weighted by Gasteiger charge is 2.24. The number of likely N-dealkylation sites (tertiary alicyclic amines) is 1. The van der Waals surface area contributed by atoms with Crippen molar-refractivity contribution < 1.29 is 9.59 Å². The Morgan fingerprint density at radius 1 is 1.15 bits per heavy atom. The largest absolute Gasteiger partial charge is 0.353 e. The Hall–Kier alpha value is -1.89. The van der Waals surface area contributed by atoms with E-state index in [1.54, 1.807) is 35.6 Å². The number of nitrogens with zero attached hydrogens (tertiary/aromatic N) is 1. The number of hydrogen-bond acceptors (Lipinski definition) is 4. The zero-order chi connectivity index (χ0) is 18.4. The fourth-order valence-electron chi connectivity index (χ4n) is 3.11. The van der Waals surface area contributed by atoms with Gasteiger partial charge in [0.15, 0.2) is 0 Å². The first kappa shape index (κ1) is 18.9. The van der Waals surface area contributed by atoms with Gasteiger partial charge in [-0.3, -0.25) is 14.5 Å². The van der Waals surface area contributed by atoms with Crippen molar-refractivity contribution in [3.63, 3.8) is 0 Å². The Bertz CT molecular complexity index is 745. The Labute approximate surface area is 162 Å². The molecule has 5 nitrogen and oxygen atoms in total. The van der Waals surface area contributed by atoms with Gasteiger partial charge in [0.05, 0.1) is 12.6 Å². The number of carbonyl (C=O) groups excluding carboxylic acids is 2. The topological polar surface area (TPSA) is 61.4 Å². The van der Waals surface area contributed by atoms with Crippen molar-refractivity contribution in [3.05, 3.63) is 57.2 Å². The van der Waals surface area contributed by atoms with Crippen molar-refractivity contribution in [2.75, 3.05) is 26.2 Å². The third-order valence-electron chi connectivity index (χ3n) is 4.44. The molecule has 0 spiro atoms. The van der Waals surface area contributed by atoms with Crippen LogP contribution in [0.1, 0.15) is 34.1 Å². The monoisotopic (exact) mass is 391 g/mol. The van der Waals surface area contributed by atoms with E-state index in [1.165, 1.54) is 17.7 Å². The van der Waals surface area contributed by atoms with Crippen LogP contribution in [0.25, 0.3) is 0 Å². The molecule has 0 aliphatic carbocycles. The minimum absolute atomic E-state index is 0.0531. The molecule has 1 atom stereocenters. The fourth-order valence-corrected chi connectivity index (χ4v) is 4.16. The van der Waals surface area contributed by atoms with Gasteiger partial charge >= 0.3 is 0 Å². The summed E-state index contributed by atoms with van der Waals surface area (Å²) in [4.78, 5) is 27.9. The van der Waals surface area contributed by atoms with Crippen LogP contribution < -0.4 is 10.6 Å². The van der Waals surface area contributed by atoms with Crippen molar-refractivity contribution >= 4 is 34.8 Å². The number of amides is 2. The maximum absolute atomic E-state index is 12.2. The van der Waals surface area contributed by atoms with Crippen LogP contribution in [0.4, 0.5) is 0 Å². The molecule has 2 N–H and O–H groups in total. The van der Waals surface area contributed by atoms with Gasteiger partial charge in [0.25, 0.3) is 5.91 Å². The highest BCUT2D eigenvalue weighted by molar-refractivity contribution is 7.10. The van der Waals surface area contributed by atoms with Crippen molar-refractivity contribution in [2.45, 2.75) is 18.9 Å². The lowest BCUT2D eigenvalue weighted by Crippen LogP contribution is -2.41. The molecule has 1 aliphatic rings. The molecule has 0 saturated carbocycles. The predicted molar refractivity (Wildman–Crippen MR) is 105 cm³/mol. The number of benzene rings is 1. The van der Waals surface area contributed by atoms with Gasteiger partial charge in [-0.15, -0.1) is 11.3 Å². The van der Waals surface area contributed by atoms with Gasteiger partial charge < -0.3 is 10.6 Å². The van der Waals surface area contributed by atoms with Gasteiger partial charge in [0.2, 0.25) is 5.91 Å².